The predicted octanol–water partition coefficient (Wildman–Crippen LogP) is 4.20. The lowest BCUT2D eigenvalue weighted by atomic mass is 10.0. The molecule has 1 heterocycles. The van der Waals surface area contributed by atoms with E-state index in [1.54, 1.807) is 14.2 Å². The summed E-state index contributed by atoms with van der Waals surface area (Å²) in [6.45, 7) is 2.82. The van der Waals surface area contributed by atoms with Gasteiger partial charge in [-0.05, 0) is 43.2 Å². The van der Waals surface area contributed by atoms with E-state index in [4.69, 9.17) is 25.8 Å². The number of carbonyl (C=O) groups excluding carboxylic acids is 1. The lowest BCUT2D eigenvalue weighted by molar-refractivity contribution is -0.136. The summed E-state index contributed by atoms with van der Waals surface area (Å²) in [6, 6.07) is 13.9. The van der Waals surface area contributed by atoms with Gasteiger partial charge < -0.3 is 14.2 Å². The Morgan fingerprint density at radius 3 is 2.56 bits per heavy atom. The van der Waals surface area contributed by atoms with Crippen LogP contribution in [0.5, 0.6) is 11.5 Å². The van der Waals surface area contributed by atoms with Gasteiger partial charge in [-0.3, -0.25) is 0 Å². The van der Waals surface area contributed by atoms with Crippen LogP contribution in [0.15, 0.2) is 42.5 Å². The van der Waals surface area contributed by atoms with Gasteiger partial charge in [-0.25, -0.2) is 9.28 Å². The van der Waals surface area contributed by atoms with Crippen LogP contribution in [0, 0.1) is 0 Å². The van der Waals surface area contributed by atoms with Crippen LogP contribution in [0.4, 0.5) is 5.69 Å². The molecule has 5 nitrogen and oxygen atoms in total. The van der Waals surface area contributed by atoms with Crippen molar-refractivity contribution < 1.29 is 19.0 Å². The molecule has 0 N–H and O–H groups in total. The molecular formula is C21H25ClNO4+. The maximum absolute atomic E-state index is 11.9. The minimum Gasteiger partial charge on any atom is -0.493 e. The predicted molar refractivity (Wildman–Crippen MR) is 106 cm³/mol. The number of rotatable bonds is 7. The monoisotopic (exact) mass is 390 g/mol. The van der Waals surface area contributed by atoms with E-state index in [0.29, 0.717) is 22.8 Å². The summed E-state index contributed by atoms with van der Waals surface area (Å²) in [5.41, 5.74) is 2.17. The summed E-state index contributed by atoms with van der Waals surface area (Å²) < 4.78 is 16.5. The first-order valence-electron chi connectivity index (χ1n) is 8.98. The van der Waals surface area contributed by atoms with Gasteiger partial charge in [-0.15, -0.1) is 0 Å². The summed E-state index contributed by atoms with van der Waals surface area (Å²) in [6.07, 6.45) is 1.74. The van der Waals surface area contributed by atoms with E-state index in [1.165, 1.54) is 0 Å². The molecule has 1 fully saturated rings. The van der Waals surface area contributed by atoms with Gasteiger partial charge in [0.25, 0.3) is 0 Å². The van der Waals surface area contributed by atoms with Crippen molar-refractivity contribution in [3.05, 3.63) is 53.1 Å². The fraction of sp³-hybridized carbons (Fsp3) is 0.381. The van der Waals surface area contributed by atoms with E-state index in [2.05, 4.69) is 6.92 Å². The minimum absolute atomic E-state index is 0.173. The fourth-order valence-electron chi connectivity index (χ4n) is 3.62. The van der Waals surface area contributed by atoms with Gasteiger partial charge in [0, 0.05) is 17.5 Å². The third-order valence-corrected chi connectivity index (χ3v) is 5.57. The molecule has 0 spiro atoms. The highest BCUT2D eigenvalue weighted by Crippen LogP contribution is 2.34. The third-order valence-electron chi connectivity index (χ3n) is 5.33. The van der Waals surface area contributed by atoms with Crippen molar-refractivity contribution in [3.8, 4) is 11.5 Å². The second-order valence-electron chi connectivity index (χ2n) is 6.89. The zero-order chi connectivity index (χ0) is 19.4. The van der Waals surface area contributed by atoms with Gasteiger partial charge in [0.1, 0.15) is 5.69 Å². The Hall–Kier alpha value is -2.24. The Bertz CT molecular complexity index is 826. The van der Waals surface area contributed by atoms with Crippen molar-refractivity contribution in [1.82, 2.24) is 4.48 Å². The minimum atomic E-state index is -0.173. The van der Waals surface area contributed by atoms with Crippen LogP contribution < -0.4 is 14.0 Å². The lowest BCUT2D eigenvalue weighted by Crippen LogP contribution is -2.54. The summed E-state index contributed by atoms with van der Waals surface area (Å²) in [5, 5.41) is 0.663. The summed E-state index contributed by atoms with van der Waals surface area (Å²) in [4.78, 5) is 11.9. The lowest BCUT2D eigenvalue weighted by Gasteiger charge is -2.36. The van der Waals surface area contributed by atoms with Crippen molar-refractivity contribution >= 4 is 23.3 Å². The largest absolute Gasteiger partial charge is 0.493 e. The topological polar surface area (TPSA) is 44.8 Å². The molecule has 0 amide bonds. The average molecular weight is 391 g/mol. The number of ether oxygens (including phenoxy) is 3. The van der Waals surface area contributed by atoms with Crippen LogP contribution in [-0.2, 0) is 16.0 Å². The molecule has 6 heteroatoms. The Labute approximate surface area is 165 Å². The SMILES string of the molecule is COc1ccc(CCC(C)[N@+]2(c3cccc(Cl)c3)COC(=O)C2)cc1OC. The number of nitrogens with zero attached hydrogens (tertiary/aromatic N) is 1. The number of cyclic esters (lactones) is 1. The number of quaternary nitrogens is 1. The van der Waals surface area contributed by atoms with E-state index in [1.807, 2.05) is 42.5 Å². The maximum atomic E-state index is 11.9. The Morgan fingerprint density at radius 2 is 1.93 bits per heavy atom. The normalized spacial score (nSPS) is 20.2. The highest BCUT2D eigenvalue weighted by atomic mass is 35.5. The molecule has 1 unspecified atom stereocenters. The molecule has 0 aromatic heterocycles. The number of methoxy groups -OCH3 is 2. The van der Waals surface area contributed by atoms with Crippen LogP contribution >= 0.6 is 11.6 Å². The molecule has 0 saturated carbocycles. The molecule has 2 aromatic rings. The number of aryl methyl sites for hydroxylation is 1. The molecule has 2 aromatic carbocycles. The first-order valence-corrected chi connectivity index (χ1v) is 9.35. The second-order valence-corrected chi connectivity index (χ2v) is 7.33. The van der Waals surface area contributed by atoms with Crippen LogP contribution in [0.1, 0.15) is 18.9 Å². The number of halogens is 1. The zero-order valence-electron chi connectivity index (χ0n) is 15.9. The van der Waals surface area contributed by atoms with Crippen molar-refractivity contribution in [1.29, 1.82) is 0 Å². The third kappa shape index (κ3) is 4.04. The van der Waals surface area contributed by atoms with E-state index < -0.39 is 0 Å². The van der Waals surface area contributed by atoms with Crippen molar-refractivity contribution in [2.45, 2.75) is 25.8 Å². The zero-order valence-corrected chi connectivity index (χ0v) is 16.7. The highest BCUT2D eigenvalue weighted by Gasteiger charge is 2.45. The molecule has 1 saturated heterocycles. The summed E-state index contributed by atoms with van der Waals surface area (Å²) in [5.74, 6) is 1.27. The smallest absolute Gasteiger partial charge is 0.366 e. The maximum Gasteiger partial charge on any atom is 0.366 e. The van der Waals surface area contributed by atoms with Crippen LogP contribution in [0.25, 0.3) is 0 Å². The molecular weight excluding hydrogens is 366 g/mol. The molecule has 1 aliphatic rings. The van der Waals surface area contributed by atoms with E-state index >= 15 is 0 Å². The number of esters is 1. The number of benzene rings is 2. The Morgan fingerprint density at radius 1 is 1.15 bits per heavy atom. The van der Waals surface area contributed by atoms with E-state index in [9.17, 15) is 4.79 Å². The Balaban J connectivity index is 1.80. The first-order chi connectivity index (χ1) is 13.0. The standard InChI is InChI=1S/C21H25ClNO4/c1-15(7-8-16-9-10-19(25-2)20(11-16)26-3)23(13-21(24)27-14-23)18-6-4-5-17(22)12-18/h4-6,9-12,15H,7-8,13-14H2,1-3H3/q+1/t15?,23-/m1/s1. The van der Waals surface area contributed by atoms with E-state index in [0.717, 1.165) is 35.6 Å². The van der Waals surface area contributed by atoms with Crippen molar-refractivity contribution in [3.63, 3.8) is 0 Å². The van der Waals surface area contributed by atoms with Gasteiger partial charge in [0.2, 0.25) is 6.73 Å². The van der Waals surface area contributed by atoms with Gasteiger partial charge in [-0.2, -0.15) is 0 Å². The molecule has 2 atom stereocenters. The van der Waals surface area contributed by atoms with Gasteiger partial charge in [0.05, 0.1) is 20.3 Å². The van der Waals surface area contributed by atoms with Crippen molar-refractivity contribution in [2.75, 3.05) is 27.5 Å². The van der Waals surface area contributed by atoms with Crippen LogP contribution in [0.2, 0.25) is 5.02 Å². The molecule has 27 heavy (non-hydrogen) atoms. The molecule has 1 aliphatic heterocycles. The van der Waals surface area contributed by atoms with Crippen LogP contribution in [0.3, 0.4) is 0 Å². The molecule has 0 radical (unpaired) electrons. The number of hydrogen-bond donors (Lipinski definition) is 0. The van der Waals surface area contributed by atoms with Gasteiger partial charge in [0.15, 0.2) is 18.0 Å². The molecule has 0 bridgehead atoms. The molecule has 0 aliphatic carbocycles. The van der Waals surface area contributed by atoms with Crippen LogP contribution in [-0.4, -0.2) is 39.5 Å². The average Bonchev–Trinajstić information content (AvgIpc) is 3.09. The number of carbonyl (C=O) groups is 1. The van der Waals surface area contributed by atoms with Gasteiger partial charge >= 0.3 is 5.97 Å². The Kier molecular flexibility index (Phi) is 5.92. The second kappa shape index (κ2) is 8.19. The molecule has 144 valence electrons. The fourth-order valence-corrected chi connectivity index (χ4v) is 3.81. The molecule has 3 rings (SSSR count). The van der Waals surface area contributed by atoms with Crippen molar-refractivity contribution in [2.24, 2.45) is 0 Å². The summed E-state index contributed by atoms with van der Waals surface area (Å²) >= 11 is 6.20. The first kappa shape index (κ1) is 19.5. The van der Waals surface area contributed by atoms with Gasteiger partial charge in [-0.1, -0.05) is 23.7 Å². The highest BCUT2D eigenvalue weighted by molar-refractivity contribution is 6.30. The quantitative estimate of drug-likeness (QED) is 0.525. The number of hydrogen-bond acceptors (Lipinski definition) is 4. The van der Waals surface area contributed by atoms with E-state index in [-0.39, 0.29) is 12.0 Å². The summed E-state index contributed by atoms with van der Waals surface area (Å²) in [7, 11) is 3.26.